The van der Waals surface area contributed by atoms with Crippen molar-refractivity contribution in [3.05, 3.63) is 106 Å². The van der Waals surface area contributed by atoms with E-state index in [4.69, 9.17) is 5.26 Å². The van der Waals surface area contributed by atoms with Crippen molar-refractivity contribution in [3.8, 4) is 29.0 Å². The minimum absolute atomic E-state index is 0.0296. The number of aryl methyl sites for hydroxylation is 1. The lowest BCUT2D eigenvalue weighted by Gasteiger charge is -2.08. The van der Waals surface area contributed by atoms with Crippen LogP contribution in [-0.2, 0) is 6.42 Å². The summed E-state index contributed by atoms with van der Waals surface area (Å²) in [4.78, 5) is 0. The molecule has 0 radical (unpaired) electrons. The molecule has 0 aliphatic rings. The highest BCUT2D eigenvalue weighted by Gasteiger charge is 2.10. The highest BCUT2D eigenvalue weighted by molar-refractivity contribution is 5.89. The summed E-state index contributed by atoms with van der Waals surface area (Å²) in [6.07, 6.45) is 4.69. The number of nitrogens with zero attached hydrogens (tertiary/aromatic N) is 1. The highest BCUT2D eigenvalue weighted by atomic mass is 19.1. The first-order chi connectivity index (χ1) is 16.5. The molecular weight excluding hydrogens is 431 g/mol. The van der Waals surface area contributed by atoms with Gasteiger partial charge in [-0.25, -0.2) is 13.2 Å². The molecule has 0 aliphatic heterocycles. The van der Waals surface area contributed by atoms with E-state index in [2.05, 4.69) is 43.0 Å². The summed E-state index contributed by atoms with van der Waals surface area (Å²) in [6.45, 7) is 2.19. The van der Waals surface area contributed by atoms with E-state index < -0.39 is 23.0 Å². The van der Waals surface area contributed by atoms with Gasteiger partial charge >= 0.3 is 0 Å². The van der Waals surface area contributed by atoms with Crippen LogP contribution < -0.4 is 0 Å². The average Bonchev–Trinajstić information content (AvgIpc) is 2.84. The third-order valence-electron chi connectivity index (χ3n) is 5.81. The van der Waals surface area contributed by atoms with E-state index in [0.717, 1.165) is 35.1 Å². The van der Waals surface area contributed by atoms with Gasteiger partial charge in [0.2, 0.25) is 0 Å². The van der Waals surface area contributed by atoms with Gasteiger partial charge in [0.25, 0.3) is 0 Å². The first-order valence-electron chi connectivity index (χ1n) is 11.2. The third-order valence-corrected chi connectivity index (χ3v) is 5.81. The maximum atomic E-state index is 15.1. The van der Waals surface area contributed by atoms with Gasteiger partial charge in [-0.3, -0.25) is 0 Å². The first kappa shape index (κ1) is 23.1. The summed E-state index contributed by atoms with van der Waals surface area (Å²) in [5, 5.41) is 9.92. The van der Waals surface area contributed by atoms with Crippen molar-refractivity contribution >= 4 is 10.8 Å². The van der Waals surface area contributed by atoms with Gasteiger partial charge in [-0.1, -0.05) is 74.1 Å². The smallest absolute Gasteiger partial charge is 0.146 e. The van der Waals surface area contributed by atoms with E-state index in [-0.39, 0.29) is 11.1 Å². The highest BCUT2D eigenvalue weighted by Crippen LogP contribution is 2.28. The van der Waals surface area contributed by atoms with Gasteiger partial charge in [0, 0.05) is 10.9 Å². The van der Waals surface area contributed by atoms with Crippen molar-refractivity contribution < 1.29 is 13.2 Å². The lowest BCUT2D eigenvalue weighted by molar-refractivity contribution is 0.576. The first-order valence-corrected chi connectivity index (χ1v) is 11.2. The van der Waals surface area contributed by atoms with E-state index in [1.807, 2.05) is 12.1 Å². The summed E-state index contributed by atoms with van der Waals surface area (Å²) in [5.74, 6) is 2.75. The number of fused-ring (bicyclic) bond motifs is 1. The van der Waals surface area contributed by atoms with Crippen molar-refractivity contribution in [2.24, 2.45) is 0 Å². The van der Waals surface area contributed by atoms with Crippen LogP contribution in [-0.4, -0.2) is 0 Å². The third kappa shape index (κ3) is 4.98. The van der Waals surface area contributed by atoms with E-state index in [1.54, 1.807) is 18.2 Å². The second kappa shape index (κ2) is 10.3. The second-order valence-electron chi connectivity index (χ2n) is 8.19. The Balaban J connectivity index is 1.60. The zero-order valence-corrected chi connectivity index (χ0v) is 18.8. The van der Waals surface area contributed by atoms with Gasteiger partial charge < -0.3 is 0 Å². The lowest BCUT2D eigenvalue weighted by Crippen LogP contribution is -1.92. The van der Waals surface area contributed by atoms with Crippen LogP contribution in [0.15, 0.2) is 66.7 Å². The van der Waals surface area contributed by atoms with E-state index in [1.165, 1.54) is 30.9 Å². The zero-order valence-electron chi connectivity index (χ0n) is 18.8. The van der Waals surface area contributed by atoms with Crippen molar-refractivity contribution in [2.75, 3.05) is 0 Å². The fraction of sp³-hybridized carbons (Fsp3) is 0.167. The molecule has 0 bridgehead atoms. The monoisotopic (exact) mass is 453 g/mol. The minimum Gasteiger partial charge on any atom is -0.205 e. The number of nitriles is 1. The van der Waals surface area contributed by atoms with Crippen LogP contribution in [0.2, 0.25) is 0 Å². The van der Waals surface area contributed by atoms with Crippen LogP contribution in [0.1, 0.15) is 48.4 Å². The van der Waals surface area contributed by atoms with Crippen LogP contribution in [0, 0.1) is 40.6 Å². The molecule has 0 atom stereocenters. The summed E-state index contributed by atoms with van der Waals surface area (Å²) in [5.41, 5.74) is 2.87. The Hall–Kier alpha value is -4.02. The van der Waals surface area contributed by atoms with Crippen LogP contribution in [0.25, 0.3) is 21.9 Å². The maximum absolute atomic E-state index is 15.1. The van der Waals surface area contributed by atoms with Crippen LogP contribution >= 0.6 is 0 Å². The molecule has 0 saturated carbocycles. The molecular formula is C30H22F3N. The second-order valence-corrected chi connectivity index (χ2v) is 8.19. The molecule has 0 amide bonds. The lowest BCUT2D eigenvalue weighted by atomic mass is 9.98. The van der Waals surface area contributed by atoms with Gasteiger partial charge in [-0.05, 0) is 59.2 Å². The molecule has 0 saturated heterocycles. The summed E-state index contributed by atoms with van der Waals surface area (Å²) < 4.78 is 42.7. The van der Waals surface area contributed by atoms with Crippen LogP contribution in [0.3, 0.4) is 0 Å². The standard InChI is InChI=1S/C30H22F3N/c1-2-3-4-5-20-6-9-22(10-7-20)24-14-15-26-25(18-24)13-12-23(30(26)33)11-8-21-16-28(31)27(19-34)29(32)17-21/h6-7,9-10,12-18H,2-5H2,1H3. The summed E-state index contributed by atoms with van der Waals surface area (Å²) >= 11 is 0. The predicted octanol–water partition coefficient (Wildman–Crippen LogP) is 7.93. The maximum Gasteiger partial charge on any atom is 0.146 e. The number of unbranched alkanes of at least 4 members (excludes halogenated alkanes) is 2. The fourth-order valence-corrected chi connectivity index (χ4v) is 3.90. The Bertz CT molecular complexity index is 1430. The predicted molar refractivity (Wildman–Crippen MR) is 130 cm³/mol. The van der Waals surface area contributed by atoms with Gasteiger partial charge in [-0.15, -0.1) is 0 Å². The fourth-order valence-electron chi connectivity index (χ4n) is 3.90. The number of halogens is 3. The Morgan fingerprint density at radius 3 is 2.15 bits per heavy atom. The molecule has 4 aromatic rings. The number of rotatable bonds is 5. The van der Waals surface area contributed by atoms with Crippen LogP contribution in [0.5, 0.6) is 0 Å². The molecule has 4 heteroatoms. The normalized spacial score (nSPS) is 10.6. The molecule has 0 aliphatic carbocycles. The SMILES string of the molecule is CCCCCc1ccc(-c2ccc3c(F)c(C#Cc4cc(F)c(C#N)c(F)c4)ccc3c2)cc1. The molecule has 168 valence electrons. The molecule has 0 fully saturated rings. The molecule has 1 nitrogen and oxygen atoms in total. The Morgan fingerprint density at radius 1 is 0.765 bits per heavy atom. The molecule has 0 unspecified atom stereocenters. The van der Waals surface area contributed by atoms with Gasteiger partial charge in [0.1, 0.15) is 29.1 Å². The van der Waals surface area contributed by atoms with Crippen LogP contribution in [0.4, 0.5) is 13.2 Å². The average molecular weight is 454 g/mol. The van der Waals surface area contributed by atoms with E-state index in [0.29, 0.717) is 5.39 Å². The van der Waals surface area contributed by atoms with Gasteiger partial charge in [0.15, 0.2) is 0 Å². The van der Waals surface area contributed by atoms with Crippen molar-refractivity contribution in [3.63, 3.8) is 0 Å². The molecule has 0 heterocycles. The van der Waals surface area contributed by atoms with Crippen molar-refractivity contribution in [1.29, 1.82) is 5.26 Å². The quantitative estimate of drug-likeness (QED) is 0.222. The van der Waals surface area contributed by atoms with E-state index >= 15 is 4.39 Å². The molecule has 4 rings (SSSR count). The molecule has 34 heavy (non-hydrogen) atoms. The Morgan fingerprint density at radius 2 is 1.47 bits per heavy atom. The molecule has 4 aromatic carbocycles. The van der Waals surface area contributed by atoms with E-state index in [9.17, 15) is 8.78 Å². The number of benzene rings is 4. The zero-order chi connectivity index (χ0) is 24.1. The topological polar surface area (TPSA) is 23.8 Å². The van der Waals surface area contributed by atoms with Gasteiger partial charge in [0.05, 0.1) is 5.56 Å². The summed E-state index contributed by atoms with van der Waals surface area (Å²) in [6, 6.07) is 20.7. The minimum atomic E-state index is -0.993. The molecule has 0 aromatic heterocycles. The Labute approximate surface area is 197 Å². The molecule has 0 N–H and O–H groups in total. The van der Waals surface area contributed by atoms with Crippen molar-refractivity contribution in [1.82, 2.24) is 0 Å². The van der Waals surface area contributed by atoms with Crippen molar-refractivity contribution in [2.45, 2.75) is 32.6 Å². The summed E-state index contributed by atoms with van der Waals surface area (Å²) in [7, 11) is 0. The van der Waals surface area contributed by atoms with Gasteiger partial charge in [-0.2, -0.15) is 5.26 Å². The molecule has 0 spiro atoms. The Kier molecular flexibility index (Phi) is 7.00. The number of hydrogen-bond acceptors (Lipinski definition) is 1. The largest absolute Gasteiger partial charge is 0.205 e. The number of hydrogen-bond donors (Lipinski definition) is 0.